The maximum atomic E-state index is 8.91. The van der Waals surface area contributed by atoms with Crippen molar-refractivity contribution >= 4 is 10.9 Å². The lowest BCUT2D eigenvalue weighted by atomic mass is 9.91. The van der Waals surface area contributed by atoms with Gasteiger partial charge in [-0.15, -0.1) is 0 Å². The summed E-state index contributed by atoms with van der Waals surface area (Å²) in [4.78, 5) is 3.59. The van der Waals surface area contributed by atoms with E-state index in [4.69, 9.17) is 5.26 Å². The molecule has 2 aromatic rings. The molecule has 0 saturated heterocycles. The lowest BCUT2D eigenvalue weighted by Gasteiger charge is -2.27. The van der Waals surface area contributed by atoms with E-state index < -0.39 is 0 Å². The summed E-state index contributed by atoms with van der Waals surface area (Å²) in [6.07, 6.45) is 5.12. The van der Waals surface area contributed by atoms with Gasteiger partial charge in [-0.25, -0.2) is 0 Å². The molecule has 0 spiro atoms. The van der Waals surface area contributed by atoms with Crippen molar-refractivity contribution in [2.24, 2.45) is 0 Å². The Morgan fingerprint density at radius 1 is 1.45 bits per heavy atom. The third-order valence-electron chi connectivity index (χ3n) is 4.38. The van der Waals surface area contributed by atoms with Crippen molar-refractivity contribution in [3.05, 3.63) is 35.5 Å². The van der Waals surface area contributed by atoms with Crippen LogP contribution in [-0.2, 0) is 6.42 Å². The van der Waals surface area contributed by atoms with Crippen LogP contribution in [0.2, 0.25) is 0 Å². The van der Waals surface area contributed by atoms with Crippen LogP contribution in [0.4, 0.5) is 0 Å². The maximum absolute atomic E-state index is 8.91. The van der Waals surface area contributed by atoms with Gasteiger partial charge in [0.2, 0.25) is 0 Å². The topological polar surface area (TPSA) is 51.6 Å². The first-order valence-electron chi connectivity index (χ1n) is 7.56. The Bertz CT molecular complexity index is 635. The largest absolute Gasteiger partial charge is 0.357 e. The maximum Gasteiger partial charge on any atom is 0.0638 e. The number of hydrogen-bond donors (Lipinski definition) is 2. The number of benzene rings is 1. The van der Waals surface area contributed by atoms with Crippen LogP contribution >= 0.6 is 0 Å². The second-order valence-electron chi connectivity index (χ2n) is 5.64. The van der Waals surface area contributed by atoms with E-state index in [1.807, 2.05) is 0 Å². The molecule has 3 nitrogen and oxygen atoms in total. The highest BCUT2D eigenvalue weighted by Crippen LogP contribution is 2.35. The lowest BCUT2D eigenvalue weighted by Crippen LogP contribution is -2.34. The van der Waals surface area contributed by atoms with Gasteiger partial charge in [0.15, 0.2) is 0 Å². The highest BCUT2D eigenvalue weighted by atomic mass is 15.0. The average Bonchev–Trinajstić information content (AvgIpc) is 2.86. The van der Waals surface area contributed by atoms with Gasteiger partial charge in [-0.1, -0.05) is 25.1 Å². The smallest absolute Gasteiger partial charge is 0.0638 e. The summed E-state index contributed by atoms with van der Waals surface area (Å²) < 4.78 is 0. The van der Waals surface area contributed by atoms with Gasteiger partial charge in [-0.3, -0.25) is 0 Å². The quantitative estimate of drug-likeness (QED) is 0.884. The SMILES string of the molecule is CCC(CC#N)NC1CCCc2c1[nH]c1ccccc21. The Kier molecular flexibility index (Phi) is 3.75. The van der Waals surface area contributed by atoms with Crippen LogP contribution in [0.15, 0.2) is 24.3 Å². The molecule has 1 aromatic heterocycles. The Morgan fingerprint density at radius 2 is 2.30 bits per heavy atom. The van der Waals surface area contributed by atoms with E-state index in [0.29, 0.717) is 18.5 Å². The molecule has 104 valence electrons. The molecule has 3 rings (SSSR count). The number of nitrogens with one attached hydrogen (secondary N) is 2. The summed E-state index contributed by atoms with van der Waals surface area (Å²) in [6, 6.07) is 11.5. The molecule has 3 heteroatoms. The minimum absolute atomic E-state index is 0.294. The monoisotopic (exact) mass is 267 g/mol. The minimum Gasteiger partial charge on any atom is -0.357 e. The first-order chi connectivity index (χ1) is 9.83. The first-order valence-corrected chi connectivity index (χ1v) is 7.56. The second-order valence-corrected chi connectivity index (χ2v) is 5.64. The van der Waals surface area contributed by atoms with Gasteiger partial charge in [-0.2, -0.15) is 5.26 Å². The third kappa shape index (κ3) is 2.32. The number of aromatic amines is 1. The Hall–Kier alpha value is -1.79. The second kappa shape index (κ2) is 5.68. The molecule has 0 fully saturated rings. The molecule has 20 heavy (non-hydrogen) atoms. The third-order valence-corrected chi connectivity index (χ3v) is 4.38. The van der Waals surface area contributed by atoms with Crippen molar-refractivity contribution in [2.45, 2.75) is 51.1 Å². The number of H-pyrrole nitrogens is 1. The summed E-state index contributed by atoms with van der Waals surface area (Å²) in [5.74, 6) is 0. The van der Waals surface area contributed by atoms with Crippen molar-refractivity contribution < 1.29 is 0 Å². The van der Waals surface area contributed by atoms with Crippen molar-refractivity contribution in [1.29, 1.82) is 5.26 Å². The van der Waals surface area contributed by atoms with Gasteiger partial charge in [0, 0.05) is 28.7 Å². The molecule has 1 aliphatic carbocycles. The van der Waals surface area contributed by atoms with Crippen LogP contribution in [0.3, 0.4) is 0 Å². The summed E-state index contributed by atoms with van der Waals surface area (Å²) in [5.41, 5.74) is 4.05. The molecular weight excluding hydrogens is 246 g/mol. The lowest BCUT2D eigenvalue weighted by molar-refractivity contribution is 0.385. The fraction of sp³-hybridized carbons (Fsp3) is 0.471. The molecule has 2 N–H and O–H groups in total. The Morgan fingerprint density at radius 3 is 3.10 bits per heavy atom. The summed E-state index contributed by atoms with van der Waals surface area (Å²) in [7, 11) is 0. The van der Waals surface area contributed by atoms with Crippen LogP contribution in [0, 0.1) is 11.3 Å². The van der Waals surface area contributed by atoms with Crippen LogP contribution < -0.4 is 5.32 Å². The van der Waals surface area contributed by atoms with Crippen LogP contribution in [0.1, 0.15) is 49.9 Å². The van der Waals surface area contributed by atoms with Gasteiger partial charge in [0.25, 0.3) is 0 Å². The van der Waals surface area contributed by atoms with Crippen molar-refractivity contribution in [1.82, 2.24) is 10.3 Å². The predicted octanol–water partition coefficient (Wildman–Crippen LogP) is 3.83. The summed E-state index contributed by atoms with van der Waals surface area (Å²) in [5, 5.41) is 13.9. The van der Waals surface area contributed by atoms with E-state index in [2.05, 4.69) is 47.6 Å². The number of rotatable bonds is 4. The van der Waals surface area contributed by atoms with E-state index in [1.165, 1.54) is 28.6 Å². The Labute approximate surface area is 120 Å². The van der Waals surface area contributed by atoms with Gasteiger partial charge in [0.05, 0.1) is 12.5 Å². The molecule has 1 aromatic carbocycles. The first kappa shape index (κ1) is 13.2. The van der Waals surface area contributed by atoms with E-state index in [9.17, 15) is 0 Å². The van der Waals surface area contributed by atoms with Gasteiger partial charge >= 0.3 is 0 Å². The molecule has 0 aliphatic heterocycles. The van der Waals surface area contributed by atoms with Gasteiger partial charge in [0.1, 0.15) is 0 Å². The normalized spacial score (nSPS) is 19.5. The minimum atomic E-state index is 0.294. The van der Waals surface area contributed by atoms with Gasteiger partial charge in [-0.05, 0) is 37.3 Å². The highest BCUT2D eigenvalue weighted by Gasteiger charge is 2.25. The zero-order valence-electron chi connectivity index (χ0n) is 11.9. The number of fused-ring (bicyclic) bond motifs is 3. The van der Waals surface area contributed by atoms with Crippen LogP contribution in [0.25, 0.3) is 10.9 Å². The molecule has 2 atom stereocenters. The van der Waals surface area contributed by atoms with Gasteiger partial charge < -0.3 is 10.3 Å². The van der Waals surface area contributed by atoms with Crippen LogP contribution in [-0.4, -0.2) is 11.0 Å². The van der Waals surface area contributed by atoms with E-state index in [0.717, 1.165) is 19.3 Å². The summed E-state index contributed by atoms with van der Waals surface area (Å²) in [6.45, 7) is 2.14. The highest BCUT2D eigenvalue weighted by molar-refractivity contribution is 5.85. The fourth-order valence-electron chi connectivity index (χ4n) is 3.30. The van der Waals surface area contributed by atoms with Crippen molar-refractivity contribution in [3.8, 4) is 6.07 Å². The number of nitrogens with zero attached hydrogens (tertiary/aromatic N) is 1. The van der Waals surface area contributed by atoms with E-state index >= 15 is 0 Å². The number of aromatic nitrogens is 1. The zero-order valence-corrected chi connectivity index (χ0v) is 11.9. The fourth-order valence-corrected chi connectivity index (χ4v) is 3.30. The summed E-state index contributed by atoms with van der Waals surface area (Å²) >= 11 is 0. The average molecular weight is 267 g/mol. The molecule has 2 unspecified atom stereocenters. The number of aryl methyl sites for hydroxylation is 1. The van der Waals surface area contributed by atoms with E-state index in [1.54, 1.807) is 0 Å². The number of para-hydroxylation sites is 1. The Balaban J connectivity index is 1.92. The zero-order chi connectivity index (χ0) is 13.9. The predicted molar refractivity (Wildman–Crippen MR) is 81.4 cm³/mol. The molecule has 1 aliphatic rings. The standard InChI is InChI=1S/C17H21N3/c1-2-12(10-11-18)19-16-9-5-7-14-13-6-3-4-8-15(13)20-17(14)16/h3-4,6,8,12,16,19-20H,2,5,7,9-10H2,1H3. The number of hydrogen-bond acceptors (Lipinski definition) is 2. The van der Waals surface area contributed by atoms with Crippen molar-refractivity contribution in [2.75, 3.05) is 0 Å². The molecule has 0 bridgehead atoms. The molecular formula is C17H21N3. The van der Waals surface area contributed by atoms with Crippen molar-refractivity contribution in [3.63, 3.8) is 0 Å². The molecule has 0 amide bonds. The number of nitriles is 1. The van der Waals surface area contributed by atoms with E-state index in [-0.39, 0.29) is 0 Å². The molecule has 0 saturated carbocycles. The van der Waals surface area contributed by atoms with Crippen LogP contribution in [0.5, 0.6) is 0 Å². The molecule has 0 radical (unpaired) electrons. The molecule has 1 heterocycles.